The van der Waals surface area contributed by atoms with E-state index in [1.165, 1.54) is 0 Å². The number of hydrogen-bond acceptors (Lipinski definition) is 4. The molecule has 0 unspecified atom stereocenters. The Labute approximate surface area is 201 Å². The van der Waals surface area contributed by atoms with Crippen molar-refractivity contribution in [3.8, 4) is 5.75 Å². The third-order valence-corrected chi connectivity index (χ3v) is 6.98. The highest BCUT2D eigenvalue weighted by molar-refractivity contribution is 5.97. The van der Waals surface area contributed by atoms with Gasteiger partial charge in [0, 0.05) is 62.1 Å². The molecule has 2 N–H and O–H groups in total. The van der Waals surface area contributed by atoms with Gasteiger partial charge in [0.05, 0.1) is 7.11 Å². The van der Waals surface area contributed by atoms with Crippen LogP contribution in [-0.4, -0.2) is 55.1 Å². The second kappa shape index (κ2) is 10.3. The first-order chi connectivity index (χ1) is 16.4. The van der Waals surface area contributed by atoms with Crippen LogP contribution in [-0.2, 0) is 11.2 Å². The number of primary amides is 1. The summed E-state index contributed by atoms with van der Waals surface area (Å²) >= 11 is 0. The molecule has 7 nitrogen and oxygen atoms in total. The van der Waals surface area contributed by atoms with E-state index >= 15 is 0 Å². The molecule has 1 saturated heterocycles. The molecule has 0 radical (unpaired) electrons. The number of methoxy groups -OCH3 is 1. The van der Waals surface area contributed by atoms with Crippen LogP contribution in [0.4, 0.5) is 5.69 Å². The summed E-state index contributed by atoms with van der Waals surface area (Å²) in [6, 6.07) is 14.1. The molecule has 180 valence electrons. The van der Waals surface area contributed by atoms with E-state index < -0.39 is 5.91 Å². The molecular weight excluding hydrogens is 428 g/mol. The molecule has 34 heavy (non-hydrogen) atoms. The summed E-state index contributed by atoms with van der Waals surface area (Å²) in [5.41, 5.74) is 9.12. The minimum Gasteiger partial charge on any atom is -0.496 e. The van der Waals surface area contributed by atoms with Crippen LogP contribution in [0.25, 0.3) is 10.9 Å². The van der Waals surface area contributed by atoms with Gasteiger partial charge in [-0.25, -0.2) is 0 Å². The highest BCUT2D eigenvalue weighted by Crippen LogP contribution is 2.30. The Kier molecular flexibility index (Phi) is 7.22. The predicted molar refractivity (Wildman–Crippen MR) is 136 cm³/mol. The third-order valence-electron chi connectivity index (χ3n) is 6.98. The Hall–Kier alpha value is -3.32. The average Bonchev–Trinajstić information content (AvgIpc) is 3.30. The van der Waals surface area contributed by atoms with Crippen LogP contribution in [0.5, 0.6) is 5.75 Å². The van der Waals surface area contributed by atoms with Crippen LogP contribution in [0.2, 0.25) is 0 Å². The van der Waals surface area contributed by atoms with Crippen LogP contribution in [0.1, 0.15) is 48.1 Å². The quantitative estimate of drug-likeness (QED) is 0.549. The van der Waals surface area contributed by atoms with Gasteiger partial charge in [-0.15, -0.1) is 0 Å². The average molecular weight is 463 g/mol. The number of nitrogens with zero attached hydrogens (tertiary/aromatic N) is 3. The van der Waals surface area contributed by atoms with Crippen molar-refractivity contribution in [2.24, 2.45) is 5.73 Å². The number of hydrogen-bond donors (Lipinski definition) is 1. The number of ether oxygens (including phenoxy) is 1. The number of likely N-dealkylation sites (tertiary alicyclic amines) is 1. The molecule has 1 aliphatic rings. The Bertz CT molecular complexity index is 1180. The van der Waals surface area contributed by atoms with Gasteiger partial charge in [0.15, 0.2) is 0 Å². The summed E-state index contributed by atoms with van der Waals surface area (Å²) in [5.74, 6) is 0.563. The molecule has 0 bridgehead atoms. The van der Waals surface area contributed by atoms with Gasteiger partial charge < -0.3 is 24.8 Å². The molecular formula is C27H34N4O3. The van der Waals surface area contributed by atoms with E-state index in [0.717, 1.165) is 66.8 Å². The molecule has 3 aromatic rings. The number of fused-ring (bicyclic) bond motifs is 1. The number of carbonyl (C=O) groups excluding carboxylic acids is 2. The topological polar surface area (TPSA) is 80.8 Å². The Morgan fingerprint density at radius 2 is 1.88 bits per heavy atom. The molecule has 0 atom stereocenters. The fourth-order valence-electron chi connectivity index (χ4n) is 4.87. The smallest absolute Gasteiger partial charge is 0.248 e. The lowest BCUT2D eigenvalue weighted by Gasteiger charge is -2.33. The zero-order valence-corrected chi connectivity index (χ0v) is 20.3. The SMILES string of the molecule is CCC(=O)N(C)c1ccc(OC)c(CCN2CCC(n3ccc4ccc(C(N)=O)cc43)CC2)c1. The van der Waals surface area contributed by atoms with E-state index in [2.05, 4.69) is 27.8 Å². The van der Waals surface area contributed by atoms with Gasteiger partial charge in [0.25, 0.3) is 0 Å². The van der Waals surface area contributed by atoms with Gasteiger partial charge in [0.2, 0.25) is 11.8 Å². The van der Waals surface area contributed by atoms with Crippen LogP contribution in [0.3, 0.4) is 0 Å². The predicted octanol–water partition coefficient (Wildman–Crippen LogP) is 4.00. The largest absolute Gasteiger partial charge is 0.496 e. The number of anilines is 1. The fraction of sp³-hybridized carbons (Fsp3) is 0.407. The van der Waals surface area contributed by atoms with Crippen molar-refractivity contribution in [3.63, 3.8) is 0 Å². The molecule has 1 aliphatic heterocycles. The molecule has 1 fully saturated rings. The first-order valence-corrected chi connectivity index (χ1v) is 12.0. The first-order valence-electron chi connectivity index (χ1n) is 12.0. The normalized spacial score (nSPS) is 14.9. The van der Waals surface area contributed by atoms with E-state index in [0.29, 0.717) is 18.0 Å². The molecule has 4 rings (SSSR count). The minimum absolute atomic E-state index is 0.0960. The van der Waals surface area contributed by atoms with Gasteiger partial charge in [-0.05, 0) is 66.6 Å². The zero-order valence-electron chi connectivity index (χ0n) is 20.3. The summed E-state index contributed by atoms with van der Waals surface area (Å²) in [6.07, 6.45) is 5.57. The number of rotatable bonds is 8. The van der Waals surface area contributed by atoms with Crippen molar-refractivity contribution < 1.29 is 14.3 Å². The lowest BCUT2D eigenvalue weighted by Crippen LogP contribution is -2.36. The second-order valence-electron chi connectivity index (χ2n) is 8.99. The number of piperidine rings is 1. The number of carbonyl (C=O) groups is 2. The summed E-state index contributed by atoms with van der Waals surface area (Å²) in [5, 5.41) is 1.13. The van der Waals surface area contributed by atoms with Crippen molar-refractivity contribution in [3.05, 3.63) is 59.8 Å². The molecule has 0 aliphatic carbocycles. The van der Waals surface area contributed by atoms with E-state index in [9.17, 15) is 9.59 Å². The maximum atomic E-state index is 12.1. The van der Waals surface area contributed by atoms with E-state index in [1.807, 2.05) is 38.2 Å². The van der Waals surface area contributed by atoms with Gasteiger partial charge in [-0.1, -0.05) is 13.0 Å². The van der Waals surface area contributed by atoms with Crippen LogP contribution < -0.4 is 15.4 Å². The molecule has 1 aromatic heterocycles. The Balaban J connectivity index is 1.40. The van der Waals surface area contributed by atoms with Gasteiger partial charge >= 0.3 is 0 Å². The molecule has 0 spiro atoms. The highest BCUT2D eigenvalue weighted by Gasteiger charge is 2.22. The van der Waals surface area contributed by atoms with Crippen molar-refractivity contribution in [2.75, 3.05) is 38.7 Å². The third kappa shape index (κ3) is 4.94. The fourth-order valence-corrected chi connectivity index (χ4v) is 4.87. The number of aromatic nitrogens is 1. The first kappa shape index (κ1) is 23.8. The molecule has 2 aromatic carbocycles. The maximum Gasteiger partial charge on any atom is 0.248 e. The van der Waals surface area contributed by atoms with E-state index in [4.69, 9.17) is 10.5 Å². The number of amides is 2. The van der Waals surface area contributed by atoms with Crippen LogP contribution in [0, 0.1) is 0 Å². The molecule has 0 saturated carbocycles. The Morgan fingerprint density at radius 1 is 1.12 bits per heavy atom. The minimum atomic E-state index is -0.394. The highest BCUT2D eigenvalue weighted by atomic mass is 16.5. The number of benzene rings is 2. The van der Waals surface area contributed by atoms with Gasteiger partial charge in [-0.2, -0.15) is 0 Å². The van der Waals surface area contributed by atoms with E-state index in [1.54, 1.807) is 18.1 Å². The van der Waals surface area contributed by atoms with Crippen LogP contribution in [0.15, 0.2) is 48.7 Å². The lowest BCUT2D eigenvalue weighted by molar-refractivity contribution is -0.118. The van der Waals surface area contributed by atoms with Crippen molar-refractivity contribution in [1.29, 1.82) is 0 Å². The standard InChI is InChI=1S/C27H34N4O3/c1-4-26(32)29(2)23-7-8-25(34-3)20(17-23)9-13-30-14-11-22(12-15-30)31-16-10-19-5-6-21(27(28)33)18-24(19)31/h5-8,10,16-18,22H,4,9,11-15H2,1-3H3,(H2,28,33). The summed E-state index contributed by atoms with van der Waals surface area (Å²) in [4.78, 5) is 27.9. The monoisotopic (exact) mass is 462 g/mol. The summed E-state index contributed by atoms with van der Waals surface area (Å²) < 4.78 is 7.88. The number of nitrogens with two attached hydrogens (primary N) is 1. The molecule has 2 amide bonds. The Morgan fingerprint density at radius 3 is 2.56 bits per heavy atom. The van der Waals surface area contributed by atoms with Crippen LogP contribution >= 0.6 is 0 Å². The molecule has 7 heteroatoms. The van der Waals surface area contributed by atoms with Gasteiger partial charge in [0.1, 0.15) is 5.75 Å². The zero-order chi connectivity index (χ0) is 24.2. The summed E-state index contributed by atoms with van der Waals surface area (Å²) in [7, 11) is 3.51. The molecule has 2 heterocycles. The second-order valence-corrected chi connectivity index (χ2v) is 8.99. The van der Waals surface area contributed by atoms with Crippen molar-refractivity contribution >= 4 is 28.4 Å². The maximum absolute atomic E-state index is 12.1. The van der Waals surface area contributed by atoms with Crippen molar-refractivity contribution in [1.82, 2.24) is 9.47 Å². The van der Waals surface area contributed by atoms with E-state index in [-0.39, 0.29) is 5.91 Å². The van der Waals surface area contributed by atoms with Crippen molar-refractivity contribution in [2.45, 2.75) is 38.6 Å². The van der Waals surface area contributed by atoms with Gasteiger partial charge in [-0.3, -0.25) is 9.59 Å². The summed E-state index contributed by atoms with van der Waals surface area (Å²) in [6.45, 7) is 4.84. The lowest BCUT2D eigenvalue weighted by atomic mass is 10.0.